The van der Waals surface area contributed by atoms with Crippen molar-refractivity contribution in [2.75, 3.05) is 19.8 Å². The van der Waals surface area contributed by atoms with Crippen LogP contribution in [-0.4, -0.2) is 64.4 Å². The van der Waals surface area contributed by atoms with Gasteiger partial charge in [-0.25, -0.2) is 0 Å². The van der Waals surface area contributed by atoms with E-state index in [9.17, 15) is 57.1 Å². The van der Waals surface area contributed by atoms with Crippen molar-refractivity contribution in [3.8, 4) is 0 Å². The molecule has 3 nitrogen and oxygen atoms in total. The molecule has 0 atom stereocenters. The summed E-state index contributed by atoms with van der Waals surface area (Å²) in [5.41, 5.74) is 0. The zero-order chi connectivity index (χ0) is 24.4. The Hall–Kier alpha value is -0.813. The Morgan fingerprint density at radius 2 is 0.800 bits per heavy atom. The van der Waals surface area contributed by atoms with Gasteiger partial charge in [-0.05, 0) is 20.8 Å². The van der Waals surface area contributed by atoms with Crippen molar-refractivity contribution in [2.24, 2.45) is 0 Å². The first kappa shape index (κ1) is 29.2. The lowest BCUT2D eigenvalue weighted by Crippen LogP contribution is -2.71. The molecule has 0 rings (SSSR count). The van der Waals surface area contributed by atoms with Gasteiger partial charge in [0.05, 0.1) is 6.04 Å². The van der Waals surface area contributed by atoms with Crippen LogP contribution in [0.4, 0.5) is 57.1 Å². The fourth-order valence-corrected chi connectivity index (χ4v) is 4.76. The summed E-state index contributed by atoms with van der Waals surface area (Å²) in [6.07, 6.45) is -7.45. The molecule has 17 heteroatoms. The van der Waals surface area contributed by atoms with E-state index in [2.05, 4.69) is 13.3 Å². The Balaban J connectivity index is 6.40. The molecule has 0 fully saturated rings. The van der Waals surface area contributed by atoms with Crippen LogP contribution < -0.4 is 0 Å². The van der Waals surface area contributed by atoms with Gasteiger partial charge in [0.1, 0.15) is 0 Å². The Morgan fingerprint density at radius 1 is 0.500 bits per heavy atom. The van der Waals surface area contributed by atoms with Crippen molar-refractivity contribution in [1.82, 2.24) is 0 Å². The molecule has 0 aliphatic carbocycles. The zero-order valence-corrected chi connectivity index (χ0v) is 16.5. The number of hydrogen-bond donors (Lipinski definition) is 0. The van der Waals surface area contributed by atoms with Gasteiger partial charge in [-0.3, -0.25) is 0 Å². The van der Waals surface area contributed by atoms with Crippen LogP contribution in [0.15, 0.2) is 0 Å². The van der Waals surface area contributed by atoms with E-state index in [0.717, 1.165) is 20.8 Å². The zero-order valence-electron chi connectivity index (χ0n) is 15.5. The highest BCUT2D eigenvalue weighted by Crippen LogP contribution is 2.61. The van der Waals surface area contributed by atoms with E-state index in [-0.39, 0.29) is 0 Å². The lowest BCUT2D eigenvalue weighted by atomic mass is 9.94. The van der Waals surface area contributed by atoms with Crippen LogP contribution in [-0.2, 0) is 13.3 Å². The summed E-state index contributed by atoms with van der Waals surface area (Å²) >= 11 is 0. The molecule has 0 aliphatic rings. The maximum Gasteiger partial charge on any atom is 0.507 e. The molecule has 182 valence electrons. The quantitative estimate of drug-likeness (QED) is 0.254. The third-order valence-electron chi connectivity index (χ3n) is 3.53. The minimum atomic E-state index is -7.95. The molecule has 0 saturated heterocycles. The molecular formula is C13H17F13O3Si. The van der Waals surface area contributed by atoms with Gasteiger partial charge in [-0.1, -0.05) is 0 Å². The van der Waals surface area contributed by atoms with E-state index >= 15 is 0 Å². The molecule has 0 spiro atoms. The van der Waals surface area contributed by atoms with Crippen LogP contribution >= 0.6 is 0 Å². The molecule has 0 amide bonds. The minimum Gasteiger partial charge on any atom is -0.374 e. The van der Waals surface area contributed by atoms with Crippen molar-refractivity contribution in [3.05, 3.63) is 0 Å². The van der Waals surface area contributed by atoms with Gasteiger partial charge < -0.3 is 13.3 Å². The second kappa shape index (κ2) is 8.97. The van der Waals surface area contributed by atoms with Gasteiger partial charge in [-0.15, -0.1) is 0 Å². The summed E-state index contributed by atoms with van der Waals surface area (Å²) in [6, 6.07) is -2.61. The summed E-state index contributed by atoms with van der Waals surface area (Å²) in [5, 5.41) is 0. The summed E-state index contributed by atoms with van der Waals surface area (Å²) in [4.78, 5) is 0. The smallest absolute Gasteiger partial charge is 0.374 e. The van der Waals surface area contributed by atoms with E-state index in [4.69, 9.17) is 0 Å². The lowest BCUT2D eigenvalue weighted by molar-refractivity contribution is -0.438. The van der Waals surface area contributed by atoms with E-state index in [0.29, 0.717) is 0 Å². The number of hydrogen-bond acceptors (Lipinski definition) is 3. The van der Waals surface area contributed by atoms with Gasteiger partial charge in [0, 0.05) is 19.8 Å². The minimum absolute atomic E-state index is 0.563. The second-order valence-corrected chi connectivity index (χ2v) is 8.24. The van der Waals surface area contributed by atoms with Crippen molar-refractivity contribution in [1.29, 1.82) is 0 Å². The average Bonchev–Trinajstić information content (AvgIpc) is 2.53. The maximum absolute atomic E-state index is 14.1. The third-order valence-corrected chi connectivity index (χ3v) is 6.59. The molecule has 0 aromatic heterocycles. The standard InChI is InChI=1S/C13H17F13O3Si/c1-4-27-30(28-5-2,29-6-3)7-8(14,15)9(16,17)10(18,19)11(20,21)12(22,23)13(24,25)26/h4-7H2,1-3H3. The molecule has 0 N–H and O–H groups in total. The maximum atomic E-state index is 14.1. The second-order valence-electron chi connectivity index (χ2n) is 5.66. The molecular weight excluding hydrogens is 479 g/mol. The number of halogens is 13. The summed E-state index contributed by atoms with van der Waals surface area (Å²) < 4.78 is 185. The highest BCUT2D eigenvalue weighted by atomic mass is 28.4. The van der Waals surface area contributed by atoms with Crippen molar-refractivity contribution >= 4 is 8.80 Å². The number of rotatable bonds is 12. The monoisotopic (exact) mass is 496 g/mol. The first-order chi connectivity index (χ1) is 13.1. The predicted octanol–water partition coefficient (Wildman–Crippen LogP) is 5.77. The summed E-state index contributed by atoms with van der Waals surface area (Å²) in [7, 11) is -4.98. The van der Waals surface area contributed by atoms with Crippen LogP contribution in [0.1, 0.15) is 20.8 Å². The predicted molar refractivity (Wildman–Crippen MR) is 76.2 cm³/mol. The number of alkyl halides is 13. The van der Waals surface area contributed by atoms with E-state index in [1.54, 1.807) is 0 Å². The Labute approximate surface area is 162 Å². The average molecular weight is 496 g/mol. The molecule has 0 aliphatic heterocycles. The Morgan fingerprint density at radius 3 is 1.07 bits per heavy atom. The van der Waals surface area contributed by atoms with Crippen molar-refractivity contribution in [2.45, 2.75) is 62.6 Å². The molecule has 30 heavy (non-hydrogen) atoms. The highest BCUT2D eigenvalue weighted by Gasteiger charge is 2.91. The van der Waals surface area contributed by atoms with E-state index in [1.165, 1.54) is 0 Å². The summed E-state index contributed by atoms with van der Waals surface area (Å²) in [5.74, 6) is -37.3. The largest absolute Gasteiger partial charge is 0.507 e. The van der Waals surface area contributed by atoms with Gasteiger partial charge in [0.2, 0.25) is 0 Å². The molecule has 0 aromatic rings. The third kappa shape index (κ3) is 4.82. The fourth-order valence-electron chi connectivity index (χ4n) is 2.12. The van der Waals surface area contributed by atoms with Crippen molar-refractivity contribution in [3.63, 3.8) is 0 Å². The molecule has 0 saturated carbocycles. The van der Waals surface area contributed by atoms with Crippen LogP contribution in [0, 0.1) is 0 Å². The van der Waals surface area contributed by atoms with Crippen LogP contribution in [0.3, 0.4) is 0 Å². The first-order valence-electron chi connectivity index (χ1n) is 8.01. The molecule has 0 radical (unpaired) electrons. The van der Waals surface area contributed by atoms with Gasteiger partial charge >= 0.3 is 44.6 Å². The van der Waals surface area contributed by atoms with Gasteiger partial charge in [0.15, 0.2) is 0 Å². The molecule has 0 aromatic carbocycles. The van der Waals surface area contributed by atoms with Gasteiger partial charge in [-0.2, -0.15) is 57.1 Å². The molecule has 0 heterocycles. The first-order valence-corrected chi connectivity index (χ1v) is 9.95. The van der Waals surface area contributed by atoms with Crippen LogP contribution in [0.25, 0.3) is 0 Å². The molecule has 0 unspecified atom stereocenters. The van der Waals surface area contributed by atoms with Crippen LogP contribution in [0.2, 0.25) is 6.04 Å². The fraction of sp³-hybridized carbons (Fsp3) is 1.00. The highest BCUT2D eigenvalue weighted by molar-refractivity contribution is 6.61. The van der Waals surface area contributed by atoms with Crippen LogP contribution in [0.5, 0.6) is 0 Å². The van der Waals surface area contributed by atoms with Crippen molar-refractivity contribution < 1.29 is 70.4 Å². The summed E-state index contributed by atoms with van der Waals surface area (Å²) in [6.45, 7) is 1.65. The lowest BCUT2D eigenvalue weighted by Gasteiger charge is -2.41. The Bertz CT molecular complexity index is 548. The normalized spacial score (nSPS) is 15.6. The SMILES string of the molecule is CCO[Si](CC(F)(F)C(F)(F)C(F)(F)C(F)(F)C(F)(F)C(F)(F)F)(OCC)OCC. The molecule has 0 bridgehead atoms. The Kier molecular flexibility index (Phi) is 8.73. The topological polar surface area (TPSA) is 27.7 Å². The van der Waals surface area contributed by atoms with E-state index in [1.807, 2.05) is 0 Å². The van der Waals surface area contributed by atoms with E-state index < -0.39 is 70.5 Å². The van der Waals surface area contributed by atoms with Gasteiger partial charge in [0.25, 0.3) is 0 Å².